The van der Waals surface area contributed by atoms with E-state index < -0.39 is 11.2 Å². The number of amides is 1. The van der Waals surface area contributed by atoms with E-state index >= 15 is 0 Å². The van der Waals surface area contributed by atoms with Crippen LogP contribution in [0.25, 0.3) is 10.2 Å². The minimum atomic E-state index is -0.590. The van der Waals surface area contributed by atoms with Crippen LogP contribution in [-0.4, -0.2) is 36.8 Å². The number of carbonyl (C=O) groups is 1. The number of carbonyl (C=O) groups excluding carboxylic acids is 1. The van der Waals surface area contributed by atoms with Crippen LogP contribution in [0.3, 0.4) is 0 Å². The first-order valence-corrected chi connectivity index (χ1v) is 10.3. The molecule has 0 bridgehead atoms. The van der Waals surface area contributed by atoms with Crippen molar-refractivity contribution in [2.24, 2.45) is 0 Å². The van der Waals surface area contributed by atoms with Gasteiger partial charge >= 0.3 is 5.69 Å². The molecule has 0 aliphatic heterocycles. The van der Waals surface area contributed by atoms with Gasteiger partial charge in [-0.1, -0.05) is 23.1 Å². The summed E-state index contributed by atoms with van der Waals surface area (Å²) >= 11 is 2.19. The zero-order valence-electron chi connectivity index (χ0n) is 15.3. The summed E-state index contributed by atoms with van der Waals surface area (Å²) in [7, 11) is 0. The zero-order chi connectivity index (χ0) is 21.3. The number of thioether (sulfide) groups is 1. The Bertz CT molecular complexity index is 1360. The second-order valence-corrected chi connectivity index (χ2v) is 8.08. The average Bonchev–Trinajstić information content (AvgIpc) is 3.28. The molecule has 0 fully saturated rings. The maximum atomic E-state index is 13.2. The highest BCUT2D eigenvalue weighted by molar-refractivity contribution is 7.99. The van der Waals surface area contributed by atoms with E-state index in [0.29, 0.717) is 26.6 Å². The number of halogens is 1. The molecule has 13 heteroatoms. The van der Waals surface area contributed by atoms with E-state index in [9.17, 15) is 18.8 Å². The molecule has 0 aliphatic carbocycles. The SMILES string of the molecule is Cc1[nH]c(=O)[nH]c(=O)c1Cc1nnc(SCC(=O)Nc2nc3ccc(F)cc3s2)o1. The molecule has 0 saturated heterocycles. The smallest absolute Gasteiger partial charge is 0.325 e. The minimum absolute atomic E-state index is 0.00973. The number of hydrogen-bond acceptors (Lipinski definition) is 9. The van der Waals surface area contributed by atoms with Gasteiger partial charge in [-0.25, -0.2) is 14.2 Å². The Kier molecular flexibility index (Phi) is 5.46. The van der Waals surface area contributed by atoms with Crippen molar-refractivity contribution in [2.45, 2.75) is 18.6 Å². The van der Waals surface area contributed by atoms with Crippen LogP contribution in [-0.2, 0) is 11.2 Å². The lowest BCUT2D eigenvalue weighted by molar-refractivity contribution is -0.113. The molecule has 0 aliphatic rings. The van der Waals surface area contributed by atoms with Gasteiger partial charge in [-0.05, 0) is 25.1 Å². The Morgan fingerprint density at radius 3 is 2.93 bits per heavy atom. The number of nitrogens with one attached hydrogen (secondary N) is 3. The van der Waals surface area contributed by atoms with Crippen LogP contribution in [0.2, 0.25) is 0 Å². The zero-order valence-corrected chi connectivity index (χ0v) is 16.9. The number of benzene rings is 1. The lowest BCUT2D eigenvalue weighted by Crippen LogP contribution is -2.27. The highest BCUT2D eigenvalue weighted by atomic mass is 32.2. The molecule has 0 unspecified atom stereocenters. The van der Waals surface area contributed by atoms with Gasteiger partial charge in [0.1, 0.15) is 5.82 Å². The van der Waals surface area contributed by atoms with Crippen molar-refractivity contribution >= 4 is 44.4 Å². The van der Waals surface area contributed by atoms with Gasteiger partial charge in [0, 0.05) is 11.3 Å². The van der Waals surface area contributed by atoms with E-state index in [2.05, 4.69) is 30.5 Å². The van der Waals surface area contributed by atoms with Crippen LogP contribution in [0.5, 0.6) is 0 Å². The van der Waals surface area contributed by atoms with Crippen LogP contribution in [0.1, 0.15) is 17.1 Å². The third-order valence-corrected chi connectivity index (χ3v) is 5.71. The Hall–Kier alpha value is -3.32. The number of nitrogens with zero attached hydrogens (tertiary/aromatic N) is 3. The average molecular weight is 448 g/mol. The normalized spacial score (nSPS) is 11.1. The highest BCUT2D eigenvalue weighted by Gasteiger charge is 2.15. The van der Waals surface area contributed by atoms with Crippen molar-refractivity contribution in [3.05, 3.63) is 62.0 Å². The fraction of sp³-hybridized carbons (Fsp3) is 0.176. The molecule has 0 saturated carbocycles. The molecule has 0 spiro atoms. The molecule has 10 nitrogen and oxygen atoms in total. The summed E-state index contributed by atoms with van der Waals surface area (Å²) < 4.78 is 19.3. The number of hydrogen-bond donors (Lipinski definition) is 3. The van der Waals surface area contributed by atoms with Gasteiger partial charge in [0.25, 0.3) is 10.8 Å². The molecular formula is C17H13FN6O4S2. The highest BCUT2D eigenvalue weighted by Crippen LogP contribution is 2.27. The van der Waals surface area contributed by atoms with E-state index in [1.807, 2.05) is 0 Å². The van der Waals surface area contributed by atoms with E-state index in [1.54, 1.807) is 13.0 Å². The number of thiazole rings is 1. The first-order chi connectivity index (χ1) is 14.4. The molecule has 154 valence electrons. The molecular weight excluding hydrogens is 435 g/mol. The second-order valence-electron chi connectivity index (χ2n) is 6.12. The van der Waals surface area contributed by atoms with Gasteiger partial charge in [-0.2, -0.15) is 0 Å². The molecule has 0 radical (unpaired) electrons. The van der Waals surface area contributed by atoms with Crippen molar-refractivity contribution in [1.29, 1.82) is 0 Å². The summed E-state index contributed by atoms with van der Waals surface area (Å²) in [6.45, 7) is 1.60. The number of H-pyrrole nitrogens is 2. The predicted octanol–water partition coefficient (Wildman–Crippen LogP) is 1.83. The first kappa shape index (κ1) is 20.0. The van der Waals surface area contributed by atoms with Crippen LogP contribution < -0.4 is 16.6 Å². The third kappa shape index (κ3) is 4.46. The van der Waals surface area contributed by atoms with Crippen molar-refractivity contribution in [3.8, 4) is 0 Å². The summed E-state index contributed by atoms with van der Waals surface area (Å²) in [5, 5.41) is 10.9. The van der Waals surface area contributed by atoms with E-state index in [-0.39, 0.29) is 35.0 Å². The minimum Gasteiger partial charge on any atom is -0.416 e. The van der Waals surface area contributed by atoms with Gasteiger partial charge in [0.2, 0.25) is 11.8 Å². The third-order valence-electron chi connectivity index (χ3n) is 3.95. The fourth-order valence-electron chi connectivity index (χ4n) is 2.59. The van der Waals surface area contributed by atoms with Gasteiger partial charge in [0.05, 0.1) is 22.4 Å². The van der Waals surface area contributed by atoms with Gasteiger partial charge in [-0.3, -0.25) is 14.6 Å². The summed E-state index contributed by atoms with van der Waals surface area (Å²) in [6.07, 6.45) is 0.0416. The topological polar surface area (TPSA) is 147 Å². The van der Waals surface area contributed by atoms with Crippen molar-refractivity contribution < 1.29 is 13.6 Å². The molecule has 4 rings (SSSR count). The fourth-order valence-corrected chi connectivity index (χ4v) is 4.08. The first-order valence-electron chi connectivity index (χ1n) is 8.50. The largest absolute Gasteiger partial charge is 0.416 e. The van der Waals surface area contributed by atoms with Gasteiger partial charge in [-0.15, -0.1) is 10.2 Å². The Morgan fingerprint density at radius 2 is 2.13 bits per heavy atom. The number of rotatable bonds is 6. The van der Waals surface area contributed by atoms with E-state index in [0.717, 1.165) is 11.8 Å². The van der Waals surface area contributed by atoms with Gasteiger partial charge < -0.3 is 14.7 Å². The molecule has 1 amide bonds. The summed E-state index contributed by atoms with van der Waals surface area (Å²) in [4.78, 5) is 44.1. The standard InChI is InChI=1S/C17H13FN6O4S2/c1-7-9(14(26)22-15(27)19-7)5-13-23-24-17(28-13)29-6-12(25)21-16-20-10-3-2-8(18)4-11(10)30-16/h2-4H,5-6H2,1H3,(H,20,21,25)(H2,19,22,26,27). The number of fused-ring (bicyclic) bond motifs is 1. The summed E-state index contributed by atoms with van der Waals surface area (Å²) in [6, 6.07) is 4.20. The molecule has 3 N–H and O–H groups in total. The summed E-state index contributed by atoms with van der Waals surface area (Å²) in [5.74, 6) is -0.547. The number of aromatic amines is 2. The monoisotopic (exact) mass is 448 g/mol. The molecule has 4 aromatic rings. The van der Waals surface area contributed by atoms with Crippen molar-refractivity contribution in [2.75, 3.05) is 11.1 Å². The Balaban J connectivity index is 1.36. The van der Waals surface area contributed by atoms with Crippen LogP contribution >= 0.6 is 23.1 Å². The molecule has 3 heterocycles. The molecule has 3 aromatic heterocycles. The number of aromatic nitrogens is 5. The van der Waals surface area contributed by atoms with E-state index in [1.165, 1.54) is 23.5 Å². The van der Waals surface area contributed by atoms with Crippen LogP contribution in [0.15, 0.2) is 37.4 Å². The number of aryl methyl sites for hydroxylation is 1. The summed E-state index contributed by atoms with van der Waals surface area (Å²) in [5.41, 5.74) is 0.190. The molecule has 0 atom stereocenters. The molecule has 30 heavy (non-hydrogen) atoms. The number of anilines is 1. The maximum absolute atomic E-state index is 13.2. The van der Waals surface area contributed by atoms with Crippen molar-refractivity contribution in [3.63, 3.8) is 0 Å². The van der Waals surface area contributed by atoms with Crippen LogP contribution in [0, 0.1) is 12.7 Å². The van der Waals surface area contributed by atoms with Gasteiger partial charge in [0.15, 0.2) is 5.13 Å². The Morgan fingerprint density at radius 1 is 1.30 bits per heavy atom. The van der Waals surface area contributed by atoms with E-state index in [4.69, 9.17) is 4.42 Å². The second kappa shape index (κ2) is 8.20. The van der Waals surface area contributed by atoms with Crippen LogP contribution in [0.4, 0.5) is 9.52 Å². The quantitative estimate of drug-likeness (QED) is 0.379. The Labute approximate surface area is 175 Å². The lowest BCUT2D eigenvalue weighted by atomic mass is 10.2. The predicted molar refractivity (Wildman–Crippen MR) is 108 cm³/mol. The molecule has 1 aromatic carbocycles. The van der Waals surface area contributed by atoms with Crippen molar-refractivity contribution in [1.82, 2.24) is 25.1 Å². The lowest BCUT2D eigenvalue weighted by Gasteiger charge is -2.00. The maximum Gasteiger partial charge on any atom is 0.325 e.